The summed E-state index contributed by atoms with van der Waals surface area (Å²) in [4.78, 5) is 37.6. The normalized spacial score (nSPS) is 15.6. The lowest BCUT2D eigenvalue weighted by Crippen LogP contribution is -2.26. The third-order valence-electron chi connectivity index (χ3n) is 7.24. The van der Waals surface area contributed by atoms with Gasteiger partial charge in [0.25, 0.3) is 11.8 Å². The Kier molecular flexibility index (Phi) is 9.91. The molecule has 0 bridgehead atoms. The number of nitrogens with one attached hydrogen (secondary N) is 4. The fourth-order valence-corrected chi connectivity index (χ4v) is 4.98. The summed E-state index contributed by atoms with van der Waals surface area (Å²) < 4.78 is 5.49. The van der Waals surface area contributed by atoms with E-state index in [9.17, 15) is 14.4 Å². The van der Waals surface area contributed by atoms with Crippen LogP contribution in [0.1, 0.15) is 76.8 Å². The van der Waals surface area contributed by atoms with E-state index in [2.05, 4.69) is 33.4 Å². The van der Waals surface area contributed by atoms with Crippen LogP contribution < -0.4 is 21.3 Å². The van der Waals surface area contributed by atoms with Gasteiger partial charge in [-0.2, -0.15) is 0 Å². The maximum absolute atomic E-state index is 12.9. The Labute approximate surface area is 229 Å². The van der Waals surface area contributed by atoms with Crippen LogP contribution in [0.3, 0.4) is 0 Å². The van der Waals surface area contributed by atoms with Gasteiger partial charge in [-0.15, -0.1) is 0 Å². The molecule has 4 N–H and O–H groups in total. The third-order valence-corrected chi connectivity index (χ3v) is 7.24. The van der Waals surface area contributed by atoms with Gasteiger partial charge in [0.1, 0.15) is 11.5 Å². The van der Waals surface area contributed by atoms with Crippen molar-refractivity contribution in [1.29, 1.82) is 0 Å². The van der Waals surface area contributed by atoms with Crippen LogP contribution in [0, 0.1) is 12.8 Å². The van der Waals surface area contributed by atoms with Gasteiger partial charge in [0.05, 0.1) is 11.4 Å². The summed E-state index contributed by atoms with van der Waals surface area (Å²) in [5.41, 5.74) is 2.77. The predicted octanol–water partition coefficient (Wildman–Crippen LogP) is 5.48. The number of amides is 2. The Morgan fingerprint density at radius 2 is 1.82 bits per heavy atom. The molecule has 0 aliphatic heterocycles. The van der Waals surface area contributed by atoms with E-state index < -0.39 is 5.91 Å². The van der Waals surface area contributed by atoms with E-state index in [1.165, 1.54) is 0 Å². The number of aryl methyl sites for hydroxylation is 1. The first-order valence-corrected chi connectivity index (χ1v) is 13.7. The van der Waals surface area contributed by atoms with Crippen molar-refractivity contribution in [1.82, 2.24) is 10.6 Å². The number of rotatable bonds is 13. The number of unbranched alkanes of at least 4 members (excludes halogenated alkanes) is 1. The Bertz CT molecular complexity index is 1270. The highest BCUT2D eigenvalue weighted by atomic mass is 16.3. The van der Waals surface area contributed by atoms with Gasteiger partial charge in [-0.3, -0.25) is 14.4 Å². The number of anilines is 2. The number of carbonyl (C=O) groups is 3. The molecule has 206 valence electrons. The molecular weight excluding hydrogens is 492 g/mol. The van der Waals surface area contributed by atoms with Crippen LogP contribution in [0.4, 0.5) is 11.4 Å². The summed E-state index contributed by atoms with van der Waals surface area (Å²) in [5, 5.41) is 12.6. The van der Waals surface area contributed by atoms with Crippen molar-refractivity contribution in [3.63, 3.8) is 0 Å². The molecule has 3 aromatic rings. The molecule has 4 rings (SSSR count). The zero-order chi connectivity index (χ0) is 27.6. The van der Waals surface area contributed by atoms with E-state index in [0.29, 0.717) is 48.0 Å². The second-order valence-corrected chi connectivity index (χ2v) is 10.1. The molecule has 1 aliphatic carbocycles. The fraction of sp³-hybridized carbons (Fsp3) is 0.387. The van der Waals surface area contributed by atoms with Crippen LogP contribution in [0.2, 0.25) is 0 Å². The van der Waals surface area contributed by atoms with Crippen LogP contribution in [0.25, 0.3) is 0 Å². The molecule has 0 radical (unpaired) electrons. The highest BCUT2D eigenvalue weighted by Gasteiger charge is 2.23. The molecule has 1 aromatic heterocycles. The van der Waals surface area contributed by atoms with Gasteiger partial charge >= 0.3 is 0 Å². The molecule has 0 saturated heterocycles. The maximum Gasteiger partial charge on any atom is 0.291 e. The number of ketones is 1. The van der Waals surface area contributed by atoms with Crippen LogP contribution in [-0.4, -0.2) is 37.7 Å². The van der Waals surface area contributed by atoms with Crippen molar-refractivity contribution in [3.05, 3.63) is 83.3 Å². The number of Topliss-reactive ketones (excluding diaryl/α,β-unsaturated/α-hetero) is 1. The number of hydrogen-bond acceptors (Lipinski definition) is 6. The minimum atomic E-state index is -0.390. The van der Waals surface area contributed by atoms with E-state index in [0.717, 1.165) is 37.7 Å². The highest BCUT2D eigenvalue weighted by Crippen LogP contribution is 2.27. The highest BCUT2D eigenvalue weighted by molar-refractivity contribution is 6.05. The number of hydrogen-bond donors (Lipinski definition) is 4. The first-order valence-electron chi connectivity index (χ1n) is 13.7. The molecule has 1 aliphatic rings. The third kappa shape index (κ3) is 7.80. The van der Waals surface area contributed by atoms with E-state index in [1.54, 1.807) is 37.3 Å². The summed E-state index contributed by atoms with van der Waals surface area (Å²) in [6.07, 6.45) is 5.35. The lowest BCUT2D eigenvalue weighted by atomic mass is 10.00. The monoisotopic (exact) mass is 530 g/mol. The lowest BCUT2D eigenvalue weighted by Gasteiger charge is -2.20. The van der Waals surface area contributed by atoms with Gasteiger partial charge in [0, 0.05) is 37.0 Å². The minimum Gasteiger partial charge on any atom is -0.456 e. The molecule has 0 spiro atoms. The van der Waals surface area contributed by atoms with E-state index in [1.807, 2.05) is 25.2 Å². The zero-order valence-corrected chi connectivity index (χ0v) is 22.7. The average Bonchev–Trinajstić information content (AvgIpc) is 3.57. The quantitative estimate of drug-likeness (QED) is 0.218. The van der Waals surface area contributed by atoms with E-state index in [-0.39, 0.29) is 23.6 Å². The molecule has 2 unspecified atom stereocenters. The first-order chi connectivity index (χ1) is 18.9. The van der Waals surface area contributed by atoms with Gasteiger partial charge in [-0.05, 0) is 75.5 Å². The largest absolute Gasteiger partial charge is 0.456 e. The molecule has 1 fully saturated rings. The number of carbonyl (C=O) groups excluding carboxylic acids is 3. The molecule has 8 heteroatoms. The summed E-state index contributed by atoms with van der Waals surface area (Å²) in [6.45, 7) is 2.88. The lowest BCUT2D eigenvalue weighted by molar-refractivity contribution is -0.120. The van der Waals surface area contributed by atoms with Gasteiger partial charge in [0.2, 0.25) is 0 Å². The Morgan fingerprint density at radius 3 is 2.51 bits per heavy atom. The van der Waals surface area contributed by atoms with E-state index >= 15 is 0 Å². The molecule has 8 nitrogen and oxygen atoms in total. The molecule has 39 heavy (non-hydrogen) atoms. The number of furan rings is 1. The summed E-state index contributed by atoms with van der Waals surface area (Å²) in [7, 11) is 1.90. The molecule has 2 atom stereocenters. The fourth-order valence-electron chi connectivity index (χ4n) is 4.98. The van der Waals surface area contributed by atoms with Gasteiger partial charge in [0.15, 0.2) is 5.76 Å². The van der Waals surface area contributed by atoms with Gasteiger partial charge in [-0.1, -0.05) is 36.8 Å². The average molecular weight is 531 g/mol. The van der Waals surface area contributed by atoms with Gasteiger partial charge < -0.3 is 25.7 Å². The predicted molar refractivity (Wildman–Crippen MR) is 153 cm³/mol. The van der Waals surface area contributed by atoms with Crippen molar-refractivity contribution in [2.45, 2.75) is 51.5 Å². The molecule has 1 heterocycles. The van der Waals surface area contributed by atoms with Crippen LogP contribution >= 0.6 is 0 Å². The molecule has 2 amide bonds. The van der Waals surface area contributed by atoms with E-state index in [4.69, 9.17) is 4.42 Å². The summed E-state index contributed by atoms with van der Waals surface area (Å²) in [6, 6.07) is 18.7. The van der Waals surface area contributed by atoms with Gasteiger partial charge in [-0.25, -0.2) is 0 Å². The van der Waals surface area contributed by atoms with Crippen LogP contribution in [0.15, 0.2) is 65.1 Å². The Balaban J connectivity index is 1.41. The SMILES string of the molecule is CNC(CNc1ccc(C(=O)NCCCCC2CCCC2=O)cc1NC(=O)c1ccc(C)o1)c1ccccc1. The second-order valence-electron chi connectivity index (χ2n) is 10.1. The molecule has 1 saturated carbocycles. The van der Waals surface area contributed by atoms with Crippen LogP contribution in [0.5, 0.6) is 0 Å². The summed E-state index contributed by atoms with van der Waals surface area (Å²) in [5.74, 6) is 0.833. The van der Waals surface area contributed by atoms with Crippen molar-refractivity contribution in [2.24, 2.45) is 5.92 Å². The summed E-state index contributed by atoms with van der Waals surface area (Å²) >= 11 is 0. The smallest absolute Gasteiger partial charge is 0.291 e. The van der Waals surface area contributed by atoms with Crippen molar-refractivity contribution in [3.8, 4) is 0 Å². The second kappa shape index (κ2) is 13.8. The minimum absolute atomic E-state index is 0.0463. The van der Waals surface area contributed by atoms with Crippen molar-refractivity contribution < 1.29 is 18.8 Å². The Hall–Kier alpha value is -3.91. The Morgan fingerprint density at radius 1 is 1.00 bits per heavy atom. The first kappa shape index (κ1) is 28.1. The number of likely N-dealkylation sites (N-methyl/N-ethyl adjacent to an activating group) is 1. The zero-order valence-electron chi connectivity index (χ0n) is 22.7. The number of benzene rings is 2. The standard InChI is InChI=1S/C31H38N4O4/c1-21-14-17-29(39-21)31(38)35-26-19-24(30(37)33-18-7-6-11-23-12-8-13-28(23)36)15-16-25(26)34-20-27(32-2)22-9-4-3-5-10-22/h3-5,9-10,14-17,19,23,27,32,34H,6-8,11-13,18,20H2,1-2H3,(H,33,37)(H,35,38). The van der Waals surface area contributed by atoms with Crippen LogP contribution in [-0.2, 0) is 4.79 Å². The van der Waals surface area contributed by atoms with Crippen molar-refractivity contribution >= 4 is 29.0 Å². The maximum atomic E-state index is 12.9. The molecular formula is C31H38N4O4. The molecule has 2 aromatic carbocycles. The topological polar surface area (TPSA) is 112 Å². The van der Waals surface area contributed by atoms with Crippen molar-refractivity contribution in [2.75, 3.05) is 30.8 Å².